The molecule has 0 spiro atoms. The van der Waals surface area contributed by atoms with E-state index in [1.165, 1.54) is 0 Å². The lowest BCUT2D eigenvalue weighted by molar-refractivity contribution is 0.213. The summed E-state index contributed by atoms with van der Waals surface area (Å²) in [4.78, 5) is 16.1. The van der Waals surface area contributed by atoms with Gasteiger partial charge in [-0.15, -0.1) is 0 Å². The first kappa shape index (κ1) is 13.4. The predicted octanol–water partition coefficient (Wildman–Crippen LogP) is 2.68. The van der Waals surface area contributed by atoms with Crippen LogP contribution in [0.5, 0.6) is 11.8 Å². The molecule has 0 saturated heterocycles. The van der Waals surface area contributed by atoms with Crippen molar-refractivity contribution in [2.45, 2.75) is 26.7 Å². The second kappa shape index (κ2) is 5.73. The summed E-state index contributed by atoms with van der Waals surface area (Å²) in [5.74, 6) is 0.655. The molecule has 0 saturated carbocycles. The van der Waals surface area contributed by atoms with Crippen molar-refractivity contribution >= 4 is 10.9 Å². The lowest BCUT2D eigenvalue weighted by Crippen LogP contribution is -2.07. The zero-order valence-electron chi connectivity index (χ0n) is 11.4. The van der Waals surface area contributed by atoms with E-state index in [9.17, 15) is 4.79 Å². The van der Waals surface area contributed by atoms with Crippen LogP contribution >= 0.6 is 0 Å². The number of rotatable bonds is 5. The monoisotopic (exact) mass is 263 g/mol. The number of hydrogen-bond donors (Lipinski definition) is 0. The Morgan fingerprint density at radius 2 is 2.16 bits per heavy atom. The van der Waals surface area contributed by atoms with Crippen molar-refractivity contribution in [3.63, 3.8) is 0 Å². The van der Waals surface area contributed by atoms with Gasteiger partial charge in [0.1, 0.15) is 5.75 Å². The Morgan fingerprint density at radius 3 is 2.84 bits per heavy atom. The second-order valence-corrected chi connectivity index (χ2v) is 4.31. The zero-order chi connectivity index (χ0) is 13.8. The molecule has 0 aliphatic rings. The first-order chi connectivity index (χ1) is 9.15. The summed E-state index contributed by atoms with van der Waals surface area (Å²) in [5, 5.41) is 0.462. The van der Waals surface area contributed by atoms with E-state index in [1.807, 2.05) is 6.92 Å². The summed E-state index contributed by atoms with van der Waals surface area (Å²) in [6, 6.07) is 3.48. The van der Waals surface area contributed by atoms with Gasteiger partial charge in [0, 0.05) is 6.07 Å². The predicted molar refractivity (Wildman–Crippen MR) is 72.0 cm³/mol. The lowest BCUT2D eigenvalue weighted by atomic mass is 10.1. The third-order valence-corrected chi connectivity index (χ3v) is 2.84. The minimum absolute atomic E-state index is 0.0126. The number of aromatic nitrogens is 1. The molecule has 0 unspecified atom stereocenters. The van der Waals surface area contributed by atoms with Crippen molar-refractivity contribution in [2.24, 2.45) is 0 Å². The molecule has 0 amide bonds. The summed E-state index contributed by atoms with van der Waals surface area (Å²) in [7, 11) is 1.57. The highest BCUT2D eigenvalue weighted by molar-refractivity contribution is 5.82. The van der Waals surface area contributed by atoms with Gasteiger partial charge in [-0.05, 0) is 25.0 Å². The fourth-order valence-electron chi connectivity index (χ4n) is 1.82. The van der Waals surface area contributed by atoms with Crippen molar-refractivity contribution in [2.75, 3.05) is 13.7 Å². The van der Waals surface area contributed by atoms with Gasteiger partial charge in [-0.25, -0.2) is 4.79 Å². The van der Waals surface area contributed by atoms with Crippen molar-refractivity contribution in [1.29, 1.82) is 0 Å². The lowest BCUT2D eigenvalue weighted by Gasteiger charge is -2.06. The van der Waals surface area contributed by atoms with Crippen molar-refractivity contribution in [3.05, 3.63) is 28.1 Å². The molecule has 5 nitrogen and oxygen atoms in total. The topological polar surface area (TPSA) is 61.6 Å². The van der Waals surface area contributed by atoms with Crippen LogP contribution in [0.15, 0.2) is 21.3 Å². The summed E-state index contributed by atoms with van der Waals surface area (Å²) < 4.78 is 15.6. The molecule has 102 valence electrons. The summed E-state index contributed by atoms with van der Waals surface area (Å²) in [5.41, 5.74) is 0.868. The van der Waals surface area contributed by atoms with E-state index in [0.717, 1.165) is 18.4 Å². The van der Waals surface area contributed by atoms with E-state index in [-0.39, 0.29) is 6.08 Å². The molecule has 5 heteroatoms. The first-order valence-electron chi connectivity index (χ1n) is 6.28. The molecular formula is C14H17NO4. The number of aryl methyl sites for hydroxylation is 1. The largest absolute Gasteiger partial charge is 0.497 e. The number of methoxy groups -OCH3 is 1. The molecule has 0 aliphatic carbocycles. The fourth-order valence-corrected chi connectivity index (χ4v) is 1.82. The fraction of sp³-hybridized carbons (Fsp3) is 0.429. The van der Waals surface area contributed by atoms with Gasteiger partial charge in [-0.3, -0.25) is 0 Å². The van der Waals surface area contributed by atoms with Gasteiger partial charge in [0.05, 0.1) is 24.6 Å². The van der Waals surface area contributed by atoms with Gasteiger partial charge in [0.2, 0.25) is 0 Å². The van der Waals surface area contributed by atoms with Crippen molar-refractivity contribution < 1.29 is 13.9 Å². The Bertz CT molecular complexity index is 633. The number of hydrogen-bond acceptors (Lipinski definition) is 5. The number of fused-ring (bicyclic) bond motifs is 1. The highest BCUT2D eigenvalue weighted by Crippen LogP contribution is 2.22. The first-order valence-corrected chi connectivity index (χ1v) is 6.28. The van der Waals surface area contributed by atoms with Crippen LogP contribution in [0, 0.1) is 6.92 Å². The van der Waals surface area contributed by atoms with Crippen LogP contribution in [-0.2, 0) is 0 Å². The van der Waals surface area contributed by atoms with Crippen molar-refractivity contribution in [3.8, 4) is 11.8 Å². The molecule has 1 aromatic carbocycles. The Morgan fingerprint density at radius 1 is 1.37 bits per heavy atom. The Kier molecular flexibility index (Phi) is 4.04. The highest BCUT2D eigenvalue weighted by atomic mass is 16.6. The maximum Gasteiger partial charge on any atom is 0.397 e. The quantitative estimate of drug-likeness (QED) is 0.776. The normalized spacial score (nSPS) is 10.7. The molecule has 0 N–H and O–H groups in total. The van der Waals surface area contributed by atoms with Crippen LogP contribution in [-0.4, -0.2) is 18.7 Å². The van der Waals surface area contributed by atoms with Crippen LogP contribution in [0.3, 0.4) is 0 Å². The van der Waals surface area contributed by atoms with E-state index in [0.29, 0.717) is 23.3 Å². The highest BCUT2D eigenvalue weighted by Gasteiger charge is 2.11. The van der Waals surface area contributed by atoms with Gasteiger partial charge in [-0.2, -0.15) is 4.98 Å². The smallest absolute Gasteiger partial charge is 0.397 e. The van der Waals surface area contributed by atoms with Gasteiger partial charge < -0.3 is 13.9 Å². The summed E-state index contributed by atoms with van der Waals surface area (Å²) >= 11 is 0. The molecular weight excluding hydrogens is 246 g/mol. The molecule has 0 fully saturated rings. The molecule has 2 rings (SSSR count). The molecule has 1 heterocycles. The molecule has 0 bridgehead atoms. The second-order valence-electron chi connectivity index (χ2n) is 4.31. The maximum atomic E-state index is 11.9. The number of nitrogens with zero attached hydrogens (tertiary/aromatic N) is 1. The third-order valence-electron chi connectivity index (χ3n) is 2.84. The molecule has 0 atom stereocenters. The van der Waals surface area contributed by atoms with Gasteiger partial charge >= 0.3 is 11.7 Å². The molecule has 0 radical (unpaired) electrons. The van der Waals surface area contributed by atoms with Gasteiger partial charge in [0.15, 0.2) is 0 Å². The molecule has 1 aromatic heterocycles. The Hall–Kier alpha value is -2.04. The SMILES string of the molecule is CCCCOc1nc2cc(OC)cc(C)c2c(=O)o1. The molecule has 2 aromatic rings. The summed E-state index contributed by atoms with van der Waals surface area (Å²) in [6.07, 6.45) is 1.91. The Labute approximate surface area is 111 Å². The average molecular weight is 263 g/mol. The van der Waals surface area contributed by atoms with E-state index < -0.39 is 5.63 Å². The van der Waals surface area contributed by atoms with Crippen LogP contribution in [0.4, 0.5) is 0 Å². The Balaban J connectivity index is 2.46. The summed E-state index contributed by atoms with van der Waals surface area (Å²) in [6.45, 7) is 4.36. The standard InChI is InChI=1S/C14H17NO4/c1-4-5-6-18-14-15-11-8-10(17-3)7-9(2)12(11)13(16)19-14/h7-8H,4-6H2,1-3H3. The van der Waals surface area contributed by atoms with E-state index in [2.05, 4.69) is 11.9 Å². The number of unbranched alkanes of at least 4 members (excludes halogenated alkanes) is 1. The average Bonchev–Trinajstić information content (AvgIpc) is 2.38. The van der Waals surface area contributed by atoms with E-state index in [1.54, 1.807) is 19.2 Å². The maximum absolute atomic E-state index is 11.9. The third kappa shape index (κ3) is 2.86. The minimum Gasteiger partial charge on any atom is -0.497 e. The van der Waals surface area contributed by atoms with Gasteiger partial charge in [0.25, 0.3) is 0 Å². The van der Waals surface area contributed by atoms with Crippen LogP contribution in [0.1, 0.15) is 25.3 Å². The minimum atomic E-state index is -0.434. The van der Waals surface area contributed by atoms with E-state index in [4.69, 9.17) is 13.9 Å². The van der Waals surface area contributed by atoms with Crippen LogP contribution in [0.25, 0.3) is 10.9 Å². The van der Waals surface area contributed by atoms with Gasteiger partial charge in [-0.1, -0.05) is 13.3 Å². The number of benzene rings is 1. The van der Waals surface area contributed by atoms with Crippen LogP contribution < -0.4 is 15.1 Å². The van der Waals surface area contributed by atoms with E-state index >= 15 is 0 Å². The van der Waals surface area contributed by atoms with Crippen molar-refractivity contribution in [1.82, 2.24) is 4.98 Å². The molecule has 0 aliphatic heterocycles. The number of ether oxygens (including phenoxy) is 2. The molecule has 19 heavy (non-hydrogen) atoms. The van der Waals surface area contributed by atoms with Crippen LogP contribution in [0.2, 0.25) is 0 Å². The zero-order valence-corrected chi connectivity index (χ0v) is 11.4.